The Hall–Kier alpha value is -0.570. The number of halogens is 1. The SMILES string of the molecule is CC(C)(C)C(CCO)NC(c1ccc(Cl)cc1)C1CC1. The first-order valence-corrected chi connectivity index (χ1v) is 7.92. The van der Waals surface area contributed by atoms with Gasteiger partial charge in [-0.25, -0.2) is 0 Å². The molecule has 1 saturated carbocycles. The number of aliphatic hydroxyl groups is 1. The normalized spacial score (nSPS) is 18.9. The highest BCUT2D eigenvalue weighted by Crippen LogP contribution is 2.42. The number of benzene rings is 1. The third-order valence-electron chi connectivity index (χ3n) is 4.17. The summed E-state index contributed by atoms with van der Waals surface area (Å²) in [6.45, 7) is 6.91. The Morgan fingerprint density at radius 3 is 2.30 bits per heavy atom. The minimum Gasteiger partial charge on any atom is -0.396 e. The van der Waals surface area contributed by atoms with Crippen LogP contribution in [-0.4, -0.2) is 17.8 Å². The lowest BCUT2D eigenvalue weighted by molar-refractivity contribution is 0.181. The Bertz CT molecular complexity index is 420. The Morgan fingerprint density at radius 2 is 1.85 bits per heavy atom. The van der Waals surface area contributed by atoms with Crippen LogP contribution in [0.15, 0.2) is 24.3 Å². The molecule has 0 bridgehead atoms. The largest absolute Gasteiger partial charge is 0.396 e. The van der Waals surface area contributed by atoms with Crippen LogP contribution in [0.2, 0.25) is 5.02 Å². The first-order valence-electron chi connectivity index (χ1n) is 7.54. The molecular formula is C17H26ClNO. The predicted molar refractivity (Wildman–Crippen MR) is 85.0 cm³/mol. The summed E-state index contributed by atoms with van der Waals surface area (Å²) in [7, 11) is 0. The van der Waals surface area contributed by atoms with Crippen LogP contribution in [-0.2, 0) is 0 Å². The van der Waals surface area contributed by atoms with E-state index in [1.165, 1.54) is 18.4 Å². The van der Waals surface area contributed by atoms with E-state index in [1.807, 2.05) is 12.1 Å². The van der Waals surface area contributed by atoms with Gasteiger partial charge in [0, 0.05) is 23.7 Å². The smallest absolute Gasteiger partial charge is 0.0446 e. The van der Waals surface area contributed by atoms with E-state index in [2.05, 4.69) is 38.2 Å². The number of rotatable bonds is 6. The van der Waals surface area contributed by atoms with Gasteiger partial charge in [0.2, 0.25) is 0 Å². The van der Waals surface area contributed by atoms with Crippen molar-refractivity contribution in [1.29, 1.82) is 0 Å². The highest BCUT2D eigenvalue weighted by Gasteiger charge is 2.35. The van der Waals surface area contributed by atoms with Gasteiger partial charge in [0.15, 0.2) is 0 Å². The minimum absolute atomic E-state index is 0.141. The fourth-order valence-electron chi connectivity index (χ4n) is 2.72. The minimum atomic E-state index is 0.141. The molecule has 1 aliphatic rings. The topological polar surface area (TPSA) is 32.3 Å². The van der Waals surface area contributed by atoms with Gasteiger partial charge in [0.05, 0.1) is 0 Å². The van der Waals surface area contributed by atoms with E-state index in [0.717, 1.165) is 17.4 Å². The molecule has 0 heterocycles. The molecule has 2 rings (SSSR count). The van der Waals surface area contributed by atoms with Crippen molar-refractivity contribution >= 4 is 11.6 Å². The second-order valence-corrected chi connectivity index (χ2v) is 7.40. The summed E-state index contributed by atoms with van der Waals surface area (Å²) in [5.41, 5.74) is 1.45. The zero-order valence-corrected chi connectivity index (χ0v) is 13.5. The highest BCUT2D eigenvalue weighted by atomic mass is 35.5. The summed E-state index contributed by atoms with van der Waals surface area (Å²) in [5, 5.41) is 13.9. The molecule has 2 N–H and O–H groups in total. The molecule has 112 valence electrons. The molecule has 2 nitrogen and oxygen atoms in total. The van der Waals surface area contributed by atoms with Crippen LogP contribution in [0.3, 0.4) is 0 Å². The zero-order valence-electron chi connectivity index (χ0n) is 12.7. The lowest BCUT2D eigenvalue weighted by Crippen LogP contribution is -2.43. The molecular weight excluding hydrogens is 270 g/mol. The Kier molecular flexibility index (Phi) is 5.11. The van der Waals surface area contributed by atoms with Crippen molar-refractivity contribution in [2.45, 2.75) is 52.1 Å². The summed E-state index contributed by atoms with van der Waals surface area (Å²) in [5.74, 6) is 0.722. The maximum absolute atomic E-state index is 9.32. The zero-order chi connectivity index (χ0) is 14.8. The van der Waals surface area contributed by atoms with Gasteiger partial charge in [-0.3, -0.25) is 0 Å². The van der Waals surface area contributed by atoms with Gasteiger partial charge in [-0.15, -0.1) is 0 Å². The molecule has 3 heteroatoms. The quantitative estimate of drug-likeness (QED) is 0.825. The van der Waals surface area contributed by atoms with Gasteiger partial charge in [0.25, 0.3) is 0 Å². The molecule has 2 unspecified atom stereocenters. The van der Waals surface area contributed by atoms with E-state index >= 15 is 0 Å². The Morgan fingerprint density at radius 1 is 1.25 bits per heavy atom. The molecule has 1 fully saturated rings. The summed E-state index contributed by atoms with van der Waals surface area (Å²) in [6.07, 6.45) is 3.37. The lowest BCUT2D eigenvalue weighted by atomic mass is 9.83. The molecule has 0 aromatic heterocycles. The highest BCUT2D eigenvalue weighted by molar-refractivity contribution is 6.30. The fraction of sp³-hybridized carbons (Fsp3) is 0.647. The van der Waals surface area contributed by atoms with Crippen LogP contribution < -0.4 is 5.32 Å². The van der Waals surface area contributed by atoms with Crippen LogP contribution in [0.5, 0.6) is 0 Å². The number of hydrogen-bond acceptors (Lipinski definition) is 2. The van der Waals surface area contributed by atoms with Gasteiger partial charge < -0.3 is 10.4 Å². The molecule has 2 atom stereocenters. The van der Waals surface area contributed by atoms with E-state index in [4.69, 9.17) is 11.6 Å². The van der Waals surface area contributed by atoms with Gasteiger partial charge in [-0.05, 0) is 48.3 Å². The predicted octanol–water partition coefficient (Wildman–Crippen LogP) is 4.18. The maximum atomic E-state index is 9.32. The third-order valence-corrected chi connectivity index (χ3v) is 4.42. The average molecular weight is 296 g/mol. The standard InChI is InChI=1S/C17H26ClNO/c1-17(2,3)15(10-11-20)19-16(12-4-5-12)13-6-8-14(18)9-7-13/h6-9,12,15-16,19-20H,4-5,10-11H2,1-3H3. The molecule has 0 amide bonds. The molecule has 0 radical (unpaired) electrons. The number of nitrogens with one attached hydrogen (secondary N) is 1. The van der Waals surface area contributed by atoms with Crippen molar-refractivity contribution in [2.24, 2.45) is 11.3 Å². The van der Waals surface area contributed by atoms with Crippen molar-refractivity contribution in [3.8, 4) is 0 Å². The van der Waals surface area contributed by atoms with Crippen molar-refractivity contribution in [3.63, 3.8) is 0 Å². The van der Waals surface area contributed by atoms with Crippen molar-refractivity contribution in [3.05, 3.63) is 34.9 Å². The van der Waals surface area contributed by atoms with Crippen LogP contribution in [0, 0.1) is 11.3 Å². The Labute approximate surface area is 127 Å². The molecule has 0 spiro atoms. The van der Waals surface area contributed by atoms with Gasteiger partial charge in [0.1, 0.15) is 0 Å². The monoisotopic (exact) mass is 295 g/mol. The van der Waals surface area contributed by atoms with Crippen LogP contribution >= 0.6 is 11.6 Å². The van der Waals surface area contributed by atoms with E-state index in [0.29, 0.717) is 12.1 Å². The van der Waals surface area contributed by atoms with E-state index in [1.54, 1.807) is 0 Å². The summed E-state index contributed by atoms with van der Waals surface area (Å²) in [6, 6.07) is 8.86. The second-order valence-electron chi connectivity index (χ2n) is 6.96. The number of aliphatic hydroxyl groups excluding tert-OH is 1. The summed E-state index contributed by atoms with van der Waals surface area (Å²) in [4.78, 5) is 0. The van der Waals surface area contributed by atoms with Gasteiger partial charge in [-0.1, -0.05) is 44.5 Å². The van der Waals surface area contributed by atoms with Crippen molar-refractivity contribution < 1.29 is 5.11 Å². The molecule has 0 aliphatic heterocycles. The fourth-order valence-corrected chi connectivity index (χ4v) is 2.84. The molecule has 1 aromatic rings. The molecule has 0 saturated heterocycles. The summed E-state index contributed by atoms with van der Waals surface area (Å²) >= 11 is 5.99. The third kappa shape index (κ3) is 4.21. The second kappa shape index (κ2) is 6.46. The molecule has 20 heavy (non-hydrogen) atoms. The van der Waals surface area contributed by atoms with Crippen LogP contribution in [0.1, 0.15) is 51.6 Å². The number of hydrogen-bond donors (Lipinski definition) is 2. The first kappa shape index (κ1) is 15.8. The summed E-state index contributed by atoms with van der Waals surface area (Å²) < 4.78 is 0. The first-order chi connectivity index (χ1) is 9.41. The Balaban J connectivity index is 2.14. The average Bonchev–Trinajstić information content (AvgIpc) is 3.19. The van der Waals surface area contributed by atoms with Gasteiger partial charge >= 0.3 is 0 Å². The van der Waals surface area contributed by atoms with E-state index < -0.39 is 0 Å². The van der Waals surface area contributed by atoms with Crippen LogP contribution in [0.4, 0.5) is 0 Å². The van der Waals surface area contributed by atoms with E-state index in [9.17, 15) is 5.11 Å². The van der Waals surface area contributed by atoms with Crippen molar-refractivity contribution in [1.82, 2.24) is 5.32 Å². The van der Waals surface area contributed by atoms with E-state index in [-0.39, 0.29) is 12.0 Å². The molecule has 1 aromatic carbocycles. The van der Waals surface area contributed by atoms with Crippen LogP contribution in [0.25, 0.3) is 0 Å². The van der Waals surface area contributed by atoms with Gasteiger partial charge in [-0.2, -0.15) is 0 Å². The van der Waals surface area contributed by atoms with Crippen molar-refractivity contribution in [2.75, 3.05) is 6.61 Å². The molecule has 1 aliphatic carbocycles. The maximum Gasteiger partial charge on any atom is 0.0446 e. The lowest BCUT2D eigenvalue weighted by Gasteiger charge is -2.35.